The van der Waals surface area contributed by atoms with E-state index < -0.39 is 5.60 Å². The molecule has 8 heteroatoms. The minimum Gasteiger partial charge on any atom is -0.389 e. The summed E-state index contributed by atoms with van der Waals surface area (Å²) < 4.78 is 12.9. The quantitative estimate of drug-likeness (QED) is 0.640. The number of hydrogen-bond acceptors (Lipinski definition) is 4. The van der Waals surface area contributed by atoms with E-state index in [1.54, 1.807) is 26.0 Å². The molecule has 2 fully saturated rings. The van der Waals surface area contributed by atoms with Crippen molar-refractivity contribution in [3.05, 3.63) is 35.6 Å². The molecule has 0 aromatic heterocycles. The fourth-order valence-corrected chi connectivity index (χ4v) is 4.44. The number of carbonyl (C=O) groups excluding carboxylic acids is 2. The maximum atomic E-state index is 12.9. The molecule has 172 valence electrons. The van der Waals surface area contributed by atoms with Gasteiger partial charge in [0.15, 0.2) is 0 Å². The zero-order valence-corrected chi connectivity index (χ0v) is 18.6. The van der Waals surface area contributed by atoms with Crippen LogP contribution < -0.4 is 10.6 Å². The Labute approximate surface area is 184 Å². The Balaban J connectivity index is 1.35. The molecule has 1 heterocycles. The van der Waals surface area contributed by atoms with Crippen LogP contribution in [0.3, 0.4) is 0 Å². The summed E-state index contributed by atoms with van der Waals surface area (Å²) in [6, 6.07) is 5.89. The molecule has 3 rings (SSSR count). The van der Waals surface area contributed by atoms with Gasteiger partial charge in [0.1, 0.15) is 5.82 Å². The number of β-amino-alcohol motifs (C(OH)–C–C–N with tert-alkyl or cyclic N) is 1. The molecule has 0 spiro atoms. The minimum atomic E-state index is -0.719. The summed E-state index contributed by atoms with van der Waals surface area (Å²) in [6.07, 6.45) is 3.15. The van der Waals surface area contributed by atoms with Crippen LogP contribution in [0.25, 0.3) is 0 Å². The van der Waals surface area contributed by atoms with Gasteiger partial charge in [0, 0.05) is 51.2 Å². The molecule has 31 heavy (non-hydrogen) atoms. The van der Waals surface area contributed by atoms with Gasteiger partial charge in [0.2, 0.25) is 5.91 Å². The number of halogens is 1. The van der Waals surface area contributed by atoms with E-state index in [1.165, 1.54) is 12.1 Å². The summed E-state index contributed by atoms with van der Waals surface area (Å²) in [7, 11) is 0. The Hall–Kier alpha value is -2.19. The van der Waals surface area contributed by atoms with E-state index in [0.29, 0.717) is 26.2 Å². The van der Waals surface area contributed by atoms with E-state index >= 15 is 0 Å². The number of hydrogen-bond donors (Lipinski definition) is 3. The smallest absolute Gasteiger partial charge is 0.315 e. The molecule has 0 bridgehead atoms. The highest BCUT2D eigenvalue weighted by molar-refractivity contribution is 5.79. The molecule has 3 N–H and O–H groups in total. The largest absolute Gasteiger partial charge is 0.389 e. The molecule has 1 aliphatic heterocycles. The summed E-state index contributed by atoms with van der Waals surface area (Å²) in [6.45, 7) is 7.58. The summed E-state index contributed by atoms with van der Waals surface area (Å²) in [5.74, 6) is -0.0428. The van der Waals surface area contributed by atoms with Gasteiger partial charge in [-0.25, -0.2) is 9.18 Å². The van der Waals surface area contributed by atoms with Crippen molar-refractivity contribution in [1.82, 2.24) is 20.4 Å². The van der Waals surface area contributed by atoms with E-state index in [0.717, 1.165) is 44.3 Å². The lowest BCUT2D eigenvalue weighted by molar-refractivity contribution is -0.138. The van der Waals surface area contributed by atoms with E-state index in [-0.39, 0.29) is 29.7 Å². The first kappa shape index (κ1) is 23.5. The van der Waals surface area contributed by atoms with E-state index in [2.05, 4.69) is 15.5 Å². The fourth-order valence-electron chi connectivity index (χ4n) is 4.44. The third-order valence-electron chi connectivity index (χ3n) is 6.07. The number of carbonyl (C=O) groups is 2. The number of benzene rings is 1. The van der Waals surface area contributed by atoms with Gasteiger partial charge >= 0.3 is 6.03 Å². The first-order valence-corrected chi connectivity index (χ1v) is 11.2. The molecular formula is C23H35FN4O3. The van der Waals surface area contributed by atoms with Crippen molar-refractivity contribution in [1.29, 1.82) is 0 Å². The normalized spacial score (nSPS) is 22.8. The average molecular weight is 435 g/mol. The van der Waals surface area contributed by atoms with Crippen LogP contribution in [0, 0.1) is 11.7 Å². The topological polar surface area (TPSA) is 84.9 Å². The number of rotatable bonds is 6. The summed E-state index contributed by atoms with van der Waals surface area (Å²) in [4.78, 5) is 29.2. The number of nitrogens with one attached hydrogen (secondary N) is 2. The lowest BCUT2D eigenvalue weighted by atomic mass is 9.85. The number of amides is 3. The van der Waals surface area contributed by atoms with Gasteiger partial charge in [-0.2, -0.15) is 0 Å². The molecule has 0 atom stereocenters. The second-order valence-corrected chi connectivity index (χ2v) is 9.42. The van der Waals surface area contributed by atoms with Crippen molar-refractivity contribution in [3.63, 3.8) is 0 Å². The molecule has 1 aromatic carbocycles. The summed E-state index contributed by atoms with van der Waals surface area (Å²) in [5.41, 5.74) is 0.122. The molecule has 0 unspecified atom stereocenters. The highest BCUT2D eigenvalue weighted by Crippen LogP contribution is 2.26. The number of aliphatic hydroxyl groups is 1. The molecule has 3 amide bonds. The zero-order chi connectivity index (χ0) is 22.4. The second-order valence-electron chi connectivity index (χ2n) is 9.42. The van der Waals surface area contributed by atoms with Crippen LogP contribution in [0.15, 0.2) is 24.3 Å². The van der Waals surface area contributed by atoms with Gasteiger partial charge in [-0.1, -0.05) is 12.1 Å². The molecule has 1 aliphatic carbocycles. The number of nitrogens with zero attached hydrogens (tertiary/aromatic N) is 2. The second kappa shape index (κ2) is 10.4. The van der Waals surface area contributed by atoms with Crippen LogP contribution in [0.5, 0.6) is 0 Å². The van der Waals surface area contributed by atoms with Crippen LogP contribution in [0.1, 0.15) is 45.1 Å². The van der Waals surface area contributed by atoms with E-state index in [4.69, 9.17) is 0 Å². The molecule has 1 saturated carbocycles. The SMILES string of the molecule is CC(C)(O)CN1CCN(C(=O)C2CCC(NC(=O)NCc3ccc(F)cc3)CC2)CC1. The van der Waals surface area contributed by atoms with Crippen molar-refractivity contribution in [3.8, 4) is 0 Å². The highest BCUT2D eigenvalue weighted by Gasteiger charge is 2.32. The fraction of sp³-hybridized carbons (Fsp3) is 0.652. The zero-order valence-electron chi connectivity index (χ0n) is 18.6. The Morgan fingerprint density at radius 2 is 1.68 bits per heavy atom. The number of urea groups is 1. The van der Waals surface area contributed by atoms with Gasteiger partial charge in [-0.05, 0) is 57.2 Å². The van der Waals surface area contributed by atoms with E-state index in [9.17, 15) is 19.1 Å². The summed E-state index contributed by atoms with van der Waals surface area (Å²) >= 11 is 0. The van der Waals surface area contributed by atoms with Crippen molar-refractivity contribution >= 4 is 11.9 Å². The lowest BCUT2D eigenvalue weighted by Crippen LogP contribution is -2.53. The molecule has 1 saturated heterocycles. The maximum Gasteiger partial charge on any atom is 0.315 e. The van der Waals surface area contributed by atoms with Crippen LogP contribution in [0.4, 0.5) is 9.18 Å². The Morgan fingerprint density at radius 1 is 1.06 bits per heavy atom. The predicted molar refractivity (Wildman–Crippen MR) is 117 cm³/mol. The van der Waals surface area contributed by atoms with Crippen LogP contribution in [-0.4, -0.2) is 71.2 Å². The highest BCUT2D eigenvalue weighted by atomic mass is 19.1. The molecule has 1 aromatic rings. The van der Waals surface area contributed by atoms with Crippen molar-refractivity contribution in [2.45, 2.75) is 57.7 Å². The lowest BCUT2D eigenvalue weighted by Gasteiger charge is -2.39. The summed E-state index contributed by atoms with van der Waals surface area (Å²) in [5, 5.41) is 15.8. The predicted octanol–water partition coefficient (Wildman–Crippen LogP) is 2.10. The molecule has 0 radical (unpaired) electrons. The number of piperazine rings is 1. The van der Waals surface area contributed by atoms with E-state index in [1.807, 2.05) is 4.90 Å². The Morgan fingerprint density at radius 3 is 2.26 bits per heavy atom. The standard InChI is InChI=1S/C23H35FN4O3/c1-23(2,31)16-27-11-13-28(14-12-27)21(29)18-5-9-20(10-6-18)26-22(30)25-15-17-3-7-19(24)8-4-17/h3-4,7-8,18,20,31H,5-6,9-16H2,1-2H3,(H2,25,26,30). The first-order chi connectivity index (χ1) is 14.7. The maximum absolute atomic E-state index is 12.9. The van der Waals surface area contributed by atoms with Crippen molar-refractivity contribution < 1.29 is 19.1 Å². The van der Waals surface area contributed by atoms with Gasteiger partial charge in [0.25, 0.3) is 0 Å². The Kier molecular flexibility index (Phi) is 7.89. The van der Waals surface area contributed by atoms with Crippen molar-refractivity contribution in [2.24, 2.45) is 5.92 Å². The minimum absolute atomic E-state index is 0.0289. The molecular weight excluding hydrogens is 399 g/mol. The third-order valence-corrected chi connectivity index (χ3v) is 6.07. The molecule has 2 aliphatic rings. The molecule has 7 nitrogen and oxygen atoms in total. The van der Waals surface area contributed by atoms with Crippen LogP contribution >= 0.6 is 0 Å². The average Bonchev–Trinajstić information content (AvgIpc) is 2.73. The van der Waals surface area contributed by atoms with Crippen molar-refractivity contribution in [2.75, 3.05) is 32.7 Å². The van der Waals surface area contributed by atoms with Crippen LogP contribution in [-0.2, 0) is 11.3 Å². The Bertz CT molecular complexity index is 734. The monoisotopic (exact) mass is 434 g/mol. The van der Waals surface area contributed by atoms with Gasteiger partial charge < -0.3 is 20.6 Å². The van der Waals surface area contributed by atoms with Crippen LogP contribution in [0.2, 0.25) is 0 Å². The van der Waals surface area contributed by atoms with Gasteiger partial charge in [-0.3, -0.25) is 9.69 Å². The third kappa shape index (κ3) is 7.47. The van der Waals surface area contributed by atoms with Gasteiger partial charge in [0.05, 0.1) is 5.60 Å². The van der Waals surface area contributed by atoms with Gasteiger partial charge in [-0.15, -0.1) is 0 Å². The first-order valence-electron chi connectivity index (χ1n) is 11.2.